The molecule has 14 heteroatoms. The highest BCUT2D eigenvalue weighted by molar-refractivity contribution is 6.18. The minimum absolute atomic E-state index is 0.110. The summed E-state index contributed by atoms with van der Waals surface area (Å²) in [5.41, 5.74) is 10.3. The number of rotatable bonds is 25. The Morgan fingerprint density at radius 1 is 0.342 bits per heavy atom. The highest BCUT2D eigenvalue weighted by Crippen LogP contribution is 2.37. The van der Waals surface area contributed by atoms with Gasteiger partial charge in [0.05, 0.1) is 40.6 Å². The quantitative estimate of drug-likeness (QED) is 0.0175. The molecule has 0 aliphatic carbocycles. The third-order valence-corrected chi connectivity index (χ3v) is 12.1. The first kappa shape index (κ1) is 56.5. The van der Waals surface area contributed by atoms with Crippen molar-refractivity contribution in [2.75, 3.05) is 50.4 Å². The van der Waals surface area contributed by atoms with E-state index in [-0.39, 0.29) is 62.4 Å². The Hall–Kier alpha value is -8.78. The van der Waals surface area contributed by atoms with Crippen LogP contribution in [0.5, 0.6) is 0 Å². The number of esters is 6. The molecule has 0 aliphatic heterocycles. The molecule has 0 amide bonds. The summed E-state index contributed by atoms with van der Waals surface area (Å²) in [6.45, 7) is 7.13. The Kier molecular flexibility index (Phi) is 21.3. The van der Waals surface area contributed by atoms with E-state index in [9.17, 15) is 28.8 Å². The second-order valence-corrected chi connectivity index (χ2v) is 17.2. The van der Waals surface area contributed by atoms with Crippen LogP contribution in [0.25, 0.3) is 12.2 Å². The second-order valence-electron chi connectivity index (χ2n) is 17.2. The highest BCUT2D eigenvalue weighted by Gasteiger charge is 2.23. The van der Waals surface area contributed by atoms with E-state index < -0.39 is 23.9 Å². The van der Waals surface area contributed by atoms with Gasteiger partial charge in [-0.1, -0.05) is 72.8 Å². The molecule has 0 N–H and O–H groups in total. The first-order chi connectivity index (χ1) is 36.9. The largest absolute Gasteiger partial charge is 0.469 e. The number of carbonyl (C=O) groups is 6. The van der Waals surface area contributed by atoms with Crippen LogP contribution < -0.4 is 9.80 Å². The summed E-state index contributed by atoms with van der Waals surface area (Å²) in [5, 5.41) is 0. The molecule has 0 aliphatic rings. The van der Waals surface area contributed by atoms with Gasteiger partial charge in [0.1, 0.15) is 11.1 Å². The van der Waals surface area contributed by atoms with Gasteiger partial charge in [0.15, 0.2) is 0 Å². The third kappa shape index (κ3) is 15.9. The summed E-state index contributed by atoms with van der Waals surface area (Å²) in [5.74, 6) is -3.58. The van der Waals surface area contributed by atoms with Crippen molar-refractivity contribution in [2.45, 2.75) is 66.2 Å². The summed E-state index contributed by atoms with van der Waals surface area (Å²) in [6, 6.07) is 47.7. The van der Waals surface area contributed by atoms with Gasteiger partial charge in [-0.3, -0.25) is 9.59 Å². The van der Waals surface area contributed by atoms with E-state index in [1.165, 1.54) is 26.4 Å². The Bertz CT molecular complexity index is 2720. The van der Waals surface area contributed by atoms with Gasteiger partial charge in [-0.25, -0.2) is 19.2 Å². The maximum atomic E-state index is 12.7. The molecule has 0 atom stereocenters. The van der Waals surface area contributed by atoms with Gasteiger partial charge < -0.3 is 38.2 Å². The van der Waals surface area contributed by atoms with E-state index in [0.29, 0.717) is 24.0 Å². The first-order valence-electron chi connectivity index (χ1n) is 25.3. The molecule has 0 unspecified atom stereocenters. The van der Waals surface area contributed by atoms with Crippen molar-refractivity contribution >= 4 is 82.1 Å². The fraction of sp³-hybridized carbons (Fsp3) is 0.258. The Morgan fingerprint density at radius 3 is 0.789 bits per heavy atom. The van der Waals surface area contributed by atoms with Crippen molar-refractivity contribution in [2.24, 2.45) is 0 Å². The zero-order chi connectivity index (χ0) is 54.4. The third-order valence-electron chi connectivity index (χ3n) is 12.1. The zero-order valence-electron chi connectivity index (χ0n) is 43.9. The van der Waals surface area contributed by atoms with Crippen LogP contribution in [0.15, 0.2) is 157 Å². The van der Waals surface area contributed by atoms with Crippen LogP contribution in [0.3, 0.4) is 0 Å². The second kappa shape index (κ2) is 28.6. The zero-order valence-corrected chi connectivity index (χ0v) is 43.9. The number of anilines is 6. The molecule has 6 aromatic carbocycles. The van der Waals surface area contributed by atoms with Gasteiger partial charge in [-0.15, -0.1) is 0 Å². The number of methoxy groups -OCH3 is 2. The van der Waals surface area contributed by atoms with E-state index >= 15 is 0 Å². The molecule has 0 bridgehead atoms. The average molecular weight is 1030 g/mol. The summed E-state index contributed by atoms with van der Waals surface area (Å²) in [7, 11) is 2.76. The van der Waals surface area contributed by atoms with Crippen LogP contribution in [0.4, 0.5) is 34.1 Å². The van der Waals surface area contributed by atoms with Gasteiger partial charge in [-0.05, 0) is 172 Å². The topological polar surface area (TPSA) is 164 Å². The average Bonchev–Trinajstić information content (AvgIpc) is 3.44. The number of benzene rings is 6. The fourth-order valence-corrected chi connectivity index (χ4v) is 8.14. The van der Waals surface area contributed by atoms with E-state index in [1.807, 2.05) is 97.1 Å². The highest BCUT2D eigenvalue weighted by atomic mass is 16.6. The van der Waals surface area contributed by atoms with Gasteiger partial charge >= 0.3 is 35.8 Å². The van der Waals surface area contributed by atoms with Crippen LogP contribution in [0.2, 0.25) is 0 Å². The lowest BCUT2D eigenvalue weighted by atomic mass is 10.0. The molecule has 0 fully saturated rings. The number of aryl methyl sites for hydroxylation is 4. The molecule has 0 heterocycles. The molecule has 0 aromatic heterocycles. The van der Waals surface area contributed by atoms with Crippen molar-refractivity contribution in [1.82, 2.24) is 0 Å². The van der Waals surface area contributed by atoms with Gasteiger partial charge in [0.2, 0.25) is 0 Å². The summed E-state index contributed by atoms with van der Waals surface area (Å²) in [6.07, 6.45) is 6.08. The van der Waals surface area contributed by atoms with E-state index in [2.05, 4.69) is 58.3 Å². The van der Waals surface area contributed by atoms with Crippen molar-refractivity contribution in [3.8, 4) is 0 Å². The number of carbonyl (C=O) groups excluding carboxylic acids is 6. The molecule has 6 rings (SSSR count). The van der Waals surface area contributed by atoms with Crippen molar-refractivity contribution in [3.63, 3.8) is 0 Å². The molecular weight excluding hydrogens is 965 g/mol. The number of hydrogen-bond acceptors (Lipinski definition) is 14. The predicted molar refractivity (Wildman–Crippen MR) is 293 cm³/mol. The van der Waals surface area contributed by atoms with Crippen LogP contribution in [0.1, 0.15) is 73.9 Å². The molecule has 0 radical (unpaired) electrons. The maximum Gasteiger partial charge on any atom is 0.345 e. The summed E-state index contributed by atoms with van der Waals surface area (Å²) >= 11 is 0. The lowest BCUT2D eigenvalue weighted by Gasteiger charge is -2.26. The van der Waals surface area contributed by atoms with Gasteiger partial charge in [0, 0.05) is 47.0 Å². The minimum Gasteiger partial charge on any atom is -0.469 e. The summed E-state index contributed by atoms with van der Waals surface area (Å²) in [4.78, 5) is 78.7. The smallest absolute Gasteiger partial charge is 0.345 e. The fourth-order valence-electron chi connectivity index (χ4n) is 8.14. The molecular formula is C62H64N2O12. The Labute approximate surface area is 444 Å². The van der Waals surface area contributed by atoms with Crippen LogP contribution in [-0.2, 0) is 82.9 Å². The Balaban J connectivity index is 1.24. The molecule has 0 spiro atoms. The van der Waals surface area contributed by atoms with E-state index in [1.54, 1.807) is 27.7 Å². The van der Waals surface area contributed by atoms with Crippen LogP contribution >= 0.6 is 0 Å². The standard InChI is InChI=1S/C62H64N2O12/c1-7-73-59(67)55(60(68)74-8-2)41-47-21-35-53(36-22-47)63(51-31-17-45(18-32-51)25-39-57(65)71-5)49-27-13-43(14-28-49)11-12-44-15-29-50(30-16-44)64(52-33-19-46(20-34-52)26-40-58(66)72-6)54-37-23-48(24-38-54)42-56(61(69)75-9-3)62(70)76-10-4/h13-24,27-38,41-42H,7-12,25-26,39-40H2,1-6H3. The number of nitrogens with zero attached hydrogens (tertiary/aromatic N) is 2. The number of hydrogen-bond donors (Lipinski definition) is 0. The SMILES string of the molecule is CCOC(=O)C(=Cc1ccc(N(c2ccc(CCC(=O)OC)cc2)c2ccc(CCc3ccc(N(c4ccc(C=C(C(=O)OCC)C(=O)OCC)cc4)c4ccc(CCC(=O)OC)cc4)cc3)cc2)cc1)C(=O)OCC. The van der Waals surface area contributed by atoms with Gasteiger partial charge in [0.25, 0.3) is 0 Å². The van der Waals surface area contributed by atoms with Crippen molar-refractivity contribution in [3.05, 3.63) is 190 Å². The van der Waals surface area contributed by atoms with Crippen molar-refractivity contribution < 1.29 is 57.2 Å². The van der Waals surface area contributed by atoms with Crippen LogP contribution in [0, 0.1) is 0 Å². The molecule has 6 aromatic rings. The Morgan fingerprint density at radius 2 is 0.566 bits per heavy atom. The molecule has 14 nitrogen and oxygen atoms in total. The lowest BCUT2D eigenvalue weighted by Crippen LogP contribution is -2.18. The van der Waals surface area contributed by atoms with Crippen molar-refractivity contribution in [1.29, 1.82) is 0 Å². The molecule has 0 saturated heterocycles. The van der Waals surface area contributed by atoms with E-state index in [0.717, 1.165) is 69.2 Å². The minimum atomic E-state index is -0.757. The predicted octanol–water partition coefficient (Wildman–Crippen LogP) is 11.6. The van der Waals surface area contributed by atoms with Gasteiger partial charge in [-0.2, -0.15) is 0 Å². The monoisotopic (exact) mass is 1030 g/mol. The summed E-state index contributed by atoms with van der Waals surface area (Å²) < 4.78 is 30.2. The normalized spacial score (nSPS) is 10.6. The maximum absolute atomic E-state index is 12.7. The molecule has 0 saturated carbocycles. The van der Waals surface area contributed by atoms with E-state index in [4.69, 9.17) is 28.4 Å². The molecule has 394 valence electrons. The molecule has 76 heavy (non-hydrogen) atoms. The first-order valence-corrected chi connectivity index (χ1v) is 25.3. The number of ether oxygens (including phenoxy) is 6. The van der Waals surface area contributed by atoms with Crippen LogP contribution in [-0.4, -0.2) is 76.5 Å². The lowest BCUT2D eigenvalue weighted by molar-refractivity contribution is -0.148.